The molecule has 0 aliphatic carbocycles. The van der Waals surface area contributed by atoms with E-state index >= 15 is 0 Å². The maximum Gasteiger partial charge on any atom is 0.0656 e. The molecule has 0 radical (unpaired) electrons. The van der Waals surface area contributed by atoms with E-state index in [0.717, 1.165) is 5.56 Å². The van der Waals surface area contributed by atoms with Crippen molar-refractivity contribution in [3.63, 3.8) is 0 Å². The average Bonchev–Trinajstić information content (AvgIpc) is 2.33. The van der Waals surface area contributed by atoms with Crippen molar-refractivity contribution in [2.75, 3.05) is 26.9 Å². The van der Waals surface area contributed by atoms with Crippen LogP contribution in [0.2, 0.25) is 10.0 Å². The topological polar surface area (TPSA) is 41.5 Å². The summed E-state index contributed by atoms with van der Waals surface area (Å²) < 4.78 is 4.97. The van der Waals surface area contributed by atoms with E-state index in [4.69, 9.17) is 27.9 Å². The van der Waals surface area contributed by atoms with E-state index in [9.17, 15) is 5.11 Å². The fraction of sp³-hybridized carbons (Fsp3) is 0.500. The summed E-state index contributed by atoms with van der Waals surface area (Å²) in [5.41, 5.74) is 0.158. The molecule has 0 aliphatic heterocycles. The zero-order valence-electron chi connectivity index (χ0n) is 9.96. The monoisotopic (exact) mass is 277 g/mol. The number of benzene rings is 1. The number of halogens is 2. The van der Waals surface area contributed by atoms with Gasteiger partial charge in [0.2, 0.25) is 0 Å². The second-order valence-corrected chi connectivity index (χ2v) is 4.80. The van der Waals surface area contributed by atoms with Gasteiger partial charge < -0.3 is 15.2 Å². The Labute approximate surface area is 112 Å². The first kappa shape index (κ1) is 14.7. The van der Waals surface area contributed by atoms with Crippen molar-refractivity contribution in [3.05, 3.63) is 33.8 Å². The predicted molar refractivity (Wildman–Crippen MR) is 70.8 cm³/mol. The number of hydrogen-bond acceptors (Lipinski definition) is 3. The van der Waals surface area contributed by atoms with Crippen molar-refractivity contribution >= 4 is 23.2 Å². The number of methoxy groups -OCH3 is 1. The number of aliphatic hydroxyl groups excluding tert-OH is 1. The van der Waals surface area contributed by atoms with Crippen molar-refractivity contribution in [3.8, 4) is 0 Å². The van der Waals surface area contributed by atoms with Gasteiger partial charge in [0, 0.05) is 13.7 Å². The smallest absolute Gasteiger partial charge is 0.0656 e. The van der Waals surface area contributed by atoms with Crippen molar-refractivity contribution < 1.29 is 9.84 Å². The molecule has 0 fully saturated rings. The standard InChI is InChI=1S/C12H17Cl2NO2/c1-12(8-16,15-6-7-17-2)9-4-3-5-10(13)11(9)14/h3-5,15-16H,6-8H2,1-2H3. The second kappa shape index (κ2) is 6.57. The minimum absolute atomic E-state index is 0.0726. The first-order chi connectivity index (χ1) is 8.05. The van der Waals surface area contributed by atoms with Crippen LogP contribution in [0.4, 0.5) is 0 Å². The van der Waals surface area contributed by atoms with E-state index in [-0.39, 0.29) is 6.61 Å². The lowest BCUT2D eigenvalue weighted by Gasteiger charge is -2.30. The lowest BCUT2D eigenvalue weighted by molar-refractivity contribution is 0.148. The third kappa shape index (κ3) is 3.57. The molecule has 0 spiro atoms. The summed E-state index contributed by atoms with van der Waals surface area (Å²) >= 11 is 12.1. The van der Waals surface area contributed by atoms with Crippen LogP contribution in [0.25, 0.3) is 0 Å². The predicted octanol–water partition coefficient (Wildman–Crippen LogP) is 2.44. The molecule has 0 saturated heterocycles. The first-order valence-electron chi connectivity index (χ1n) is 5.34. The van der Waals surface area contributed by atoms with Crippen LogP contribution in [-0.2, 0) is 10.3 Å². The van der Waals surface area contributed by atoms with Gasteiger partial charge in [-0.1, -0.05) is 35.3 Å². The fourth-order valence-electron chi connectivity index (χ4n) is 1.60. The van der Waals surface area contributed by atoms with E-state index in [1.807, 2.05) is 19.1 Å². The van der Waals surface area contributed by atoms with E-state index < -0.39 is 5.54 Å². The Kier molecular flexibility index (Phi) is 5.70. The van der Waals surface area contributed by atoms with Crippen LogP contribution in [-0.4, -0.2) is 32.0 Å². The van der Waals surface area contributed by atoms with Crippen LogP contribution in [0.15, 0.2) is 18.2 Å². The molecule has 3 nitrogen and oxygen atoms in total. The molecular weight excluding hydrogens is 261 g/mol. The summed E-state index contributed by atoms with van der Waals surface area (Å²) in [7, 11) is 1.63. The summed E-state index contributed by atoms with van der Waals surface area (Å²) in [6.07, 6.45) is 0. The third-order valence-corrected chi connectivity index (χ3v) is 3.50. The Morgan fingerprint density at radius 2 is 2.12 bits per heavy atom. The quantitative estimate of drug-likeness (QED) is 0.785. The van der Waals surface area contributed by atoms with Gasteiger partial charge >= 0.3 is 0 Å². The highest BCUT2D eigenvalue weighted by molar-refractivity contribution is 6.42. The summed E-state index contributed by atoms with van der Waals surface area (Å²) in [5.74, 6) is 0. The van der Waals surface area contributed by atoms with Crippen LogP contribution >= 0.6 is 23.2 Å². The number of aliphatic hydroxyl groups is 1. The highest BCUT2D eigenvalue weighted by Gasteiger charge is 2.28. The molecule has 2 N–H and O–H groups in total. The summed E-state index contributed by atoms with van der Waals surface area (Å²) in [5, 5.41) is 13.7. The van der Waals surface area contributed by atoms with E-state index in [2.05, 4.69) is 5.32 Å². The van der Waals surface area contributed by atoms with Gasteiger partial charge in [-0.05, 0) is 18.6 Å². The molecule has 17 heavy (non-hydrogen) atoms. The zero-order valence-corrected chi connectivity index (χ0v) is 11.5. The van der Waals surface area contributed by atoms with E-state index in [1.165, 1.54) is 0 Å². The van der Waals surface area contributed by atoms with Gasteiger partial charge in [0.05, 0.1) is 28.8 Å². The molecule has 1 aromatic carbocycles. The highest BCUT2D eigenvalue weighted by atomic mass is 35.5. The molecule has 0 aromatic heterocycles. The molecule has 0 aliphatic rings. The Balaban J connectivity index is 2.95. The fourth-order valence-corrected chi connectivity index (χ4v) is 2.10. The molecule has 0 amide bonds. The number of hydrogen-bond donors (Lipinski definition) is 2. The molecule has 5 heteroatoms. The molecule has 96 valence electrons. The first-order valence-corrected chi connectivity index (χ1v) is 6.10. The van der Waals surface area contributed by atoms with E-state index in [1.54, 1.807) is 13.2 Å². The van der Waals surface area contributed by atoms with E-state index in [0.29, 0.717) is 23.2 Å². The van der Waals surface area contributed by atoms with Crippen LogP contribution in [0.5, 0.6) is 0 Å². The maximum absolute atomic E-state index is 9.55. The SMILES string of the molecule is COCCNC(C)(CO)c1cccc(Cl)c1Cl. The summed E-state index contributed by atoms with van der Waals surface area (Å²) in [6, 6.07) is 5.39. The van der Waals surface area contributed by atoms with Crippen LogP contribution < -0.4 is 5.32 Å². The van der Waals surface area contributed by atoms with Crippen molar-refractivity contribution in [1.82, 2.24) is 5.32 Å². The molecule has 1 unspecified atom stereocenters. The molecular formula is C12H17Cl2NO2. The van der Waals surface area contributed by atoms with Crippen LogP contribution in [0.1, 0.15) is 12.5 Å². The Hall–Kier alpha value is -0.320. The minimum atomic E-state index is -0.624. The molecule has 0 bridgehead atoms. The lowest BCUT2D eigenvalue weighted by atomic mass is 9.93. The molecule has 1 atom stereocenters. The van der Waals surface area contributed by atoms with Crippen LogP contribution in [0.3, 0.4) is 0 Å². The molecule has 1 rings (SSSR count). The summed E-state index contributed by atoms with van der Waals surface area (Å²) in [4.78, 5) is 0. The third-order valence-electron chi connectivity index (χ3n) is 2.68. The lowest BCUT2D eigenvalue weighted by Crippen LogP contribution is -2.44. The van der Waals surface area contributed by atoms with Gasteiger partial charge in [0.15, 0.2) is 0 Å². The largest absolute Gasteiger partial charge is 0.394 e. The van der Waals surface area contributed by atoms with Gasteiger partial charge in [-0.15, -0.1) is 0 Å². The molecule has 0 saturated carbocycles. The van der Waals surface area contributed by atoms with Crippen molar-refractivity contribution in [1.29, 1.82) is 0 Å². The van der Waals surface area contributed by atoms with Gasteiger partial charge in [-0.3, -0.25) is 0 Å². The van der Waals surface area contributed by atoms with Gasteiger partial charge in [0.1, 0.15) is 0 Å². The normalized spacial score (nSPS) is 14.6. The van der Waals surface area contributed by atoms with Crippen LogP contribution in [0, 0.1) is 0 Å². The maximum atomic E-state index is 9.55. The Bertz CT molecular complexity index is 374. The minimum Gasteiger partial charge on any atom is -0.394 e. The Morgan fingerprint density at radius 3 is 2.71 bits per heavy atom. The van der Waals surface area contributed by atoms with Gasteiger partial charge in [-0.25, -0.2) is 0 Å². The number of rotatable bonds is 6. The van der Waals surface area contributed by atoms with Crippen molar-refractivity contribution in [2.24, 2.45) is 0 Å². The molecule has 0 heterocycles. The van der Waals surface area contributed by atoms with Crippen molar-refractivity contribution in [2.45, 2.75) is 12.5 Å². The average molecular weight is 278 g/mol. The van der Waals surface area contributed by atoms with Gasteiger partial charge in [-0.2, -0.15) is 0 Å². The van der Waals surface area contributed by atoms with Gasteiger partial charge in [0.25, 0.3) is 0 Å². The number of ether oxygens (including phenoxy) is 1. The Morgan fingerprint density at radius 1 is 1.41 bits per heavy atom. The number of nitrogens with one attached hydrogen (secondary N) is 1. The second-order valence-electron chi connectivity index (χ2n) is 4.01. The zero-order chi connectivity index (χ0) is 12.9. The highest BCUT2D eigenvalue weighted by Crippen LogP contribution is 2.32. The molecule has 1 aromatic rings. The summed E-state index contributed by atoms with van der Waals surface area (Å²) in [6.45, 7) is 2.99.